The third kappa shape index (κ3) is 7.70. The second-order valence-corrected chi connectivity index (χ2v) is 9.47. The topological polar surface area (TPSA) is 58.6 Å². The van der Waals surface area contributed by atoms with E-state index in [0.717, 1.165) is 42.6 Å². The first-order valence-corrected chi connectivity index (χ1v) is 13.0. The fourth-order valence-electron chi connectivity index (χ4n) is 4.78. The summed E-state index contributed by atoms with van der Waals surface area (Å²) in [5.41, 5.74) is 2.06. The van der Waals surface area contributed by atoms with Crippen LogP contribution in [0.5, 0.6) is 5.75 Å². The van der Waals surface area contributed by atoms with Crippen LogP contribution in [0.15, 0.2) is 91.0 Å². The molecule has 0 aliphatic heterocycles. The van der Waals surface area contributed by atoms with Gasteiger partial charge in [-0.25, -0.2) is 0 Å². The maximum absolute atomic E-state index is 13.6. The Morgan fingerprint density at radius 1 is 0.833 bits per heavy atom. The highest BCUT2D eigenvalue weighted by atomic mass is 16.5. The van der Waals surface area contributed by atoms with Crippen LogP contribution < -0.4 is 10.1 Å². The van der Waals surface area contributed by atoms with Gasteiger partial charge in [-0.2, -0.15) is 0 Å². The highest BCUT2D eigenvalue weighted by molar-refractivity contribution is 5.88. The summed E-state index contributed by atoms with van der Waals surface area (Å²) in [5.74, 6) is 0.706. The number of nitrogens with one attached hydrogen (secondary N) is 1. The van der Waals surface area contributed by atoms with Crippen molar-refractivity contribution in [3.05, 3.63) is 102 Å². The largest absolute Gasteiger partial charge is 0.494 e. The van der Waals surface area contributed by atoms with Crippen LogP contribution in [0, 0.1) is 0 Å². The van der Waals surface area contributed by atoms with Gasteiger partial charge in [0.2, 0.25) is 11.8 Å². The molecule has 0 radical (unpaired) electrons. The average Bonchev–Trinajstić information content (AvgIpc) is 3.43. The van der Waals surface area contributed by atoms with E-state index >= 15 is 0 Å². The first kappa shape index (κ1) is 25.5. The van der Waals surface area contributed by atoms with E-state index in [1.807, 2.05) is 91.0 Å². The summed E-state index contributed by atoms with van der Waals surface area (Å²) in [6.07, 6.45) is 5.69. The van der Waals surface area contributed by atoms with E-state index in [0.29, 0.717) is 32.4 Å². The molecular weight excluding hydrogens is 448 g/mol. The van der Waals surface area contributed by atoms with Gasteiger partial charge < -0.3 is 15.0 Å². The monoisotopic (exact) mass is 484 g/mol. The van der Waals surface area contributed by atoms with E-state index < -0.39 is 6.04 Å². The summed E-state index contributed by atoms with van der Waals surface area (Å²) in [6.45, 7) is 0.849. The number of benzene rings is 3. The van der Waals surface area contributed by atoms with Gasteiger partial charge in [0, 0.05) is 25.4 Å². The van der Waals surface area contributed by atoms with Crippen LogP contribution in [-0.2, 0) is 22.6 Å². The van der Waals surface area contributed by atoms with E-state index in [4.69, 9.17) is 4.74 Å². The molecule has 0 heterocycles. The van der Waals surface area contributed by atoms with Crippen molar-refractivity contribution in [2.24, 2.45) is 0 Å². The van der Waals surface area contributed by atoms with Crippen molar-refractivity contribution < 1.29 is 14.3 Å². The molecule has 5 heteroatoms. The van der Waals surface area contributed by atoms with Crippen LogP contribution in [0.2, 0.25) is 0 Å². The van der Waals surface area contributed by atoms with Crippen LogP contribution in [0.4, 0.5) is 0 Å². The quantitative estimate of drug-likeness (QED) is 0.343. The lowest BCUT2D eigenvalue weighted by Gasteiger charge is -2.32. The Bertz CT molecular complexity index is 1070. The molecule has 3 aromatic rings. The fourth-order valence-corrected chi connectivity index (χ4v) is 4.78. The molecule has 0 unspecified atom stereocenters. The normalized spacial score (nSPS) is 14.2. The summed E-state index contributed by atoms with van der Waals surface area (Å²) >= 11 is 0. The van der Waals surface area contributed by atoms with Gasteiger partial charge in [0.1, 0.15) is 11.8 Å². The molecule has 5 nitrogen and oxygen atoms in total. The minimum Gasteiger partial charge on any atom is -0.494 e. The van der Waals surface area contributed by atoms with Gasteiger partial charge in [-0.3, -0.25) is 9.59 Å². The average molecular weight is 485 g/mol. The first-order valence-electron chi connectivity index (χ1n) is 13.0. The molecule has 1 aliphatic rings. The van der Waals surface area contributed by atoms with Crippen molar-refractivity contribution >= 4 is 11.8 Å². The van der Waals surface area contributed by atoms with E-state index in [1.165, 1.54) is 0 Å². The standard InChI is InChI=1S/C31H36N2O3/c34-30(21-12-22-36-28-19-8-3-9-20-28)33(24-26-15-6-2-7-16-26)29(23-25-13-4-1-5-14-25)31(35)32-27-17-10-11-18-27/h1-9,13-16,19-20,27,29H,10-12,17-18,21-24H2,(H,32,35)/t29-/m1/s1. The lowest BCUT2D eigenvalue weighted by molar-refractivity contribution is -0.141. The van der Waals surface area contributed by atoms with Crippen molar-refractivity contribution in [3.63, 3.8) is 0 Å². The van der Waals surface area contributed by atoms with Gasteiger partial charge in [0.25, 0.3) is 0 Å². The lowest BCUT2D eigenvalue weighted by Crippen LogP contribution is -2.52. The summed E-state index contributed by atoms with van der Waals surface area (Å²) in [7, 11) is 0. The maximum Gasteiger partial charge on any atom is 0.243 e. The molecule has 1 aliphatic carbocycles. The second-order valence-electron chi connectivity index (χ2n) is 9.47. The van der Waals surface area contributed by atoms with Crippen LogP contribution in [0.1, 0.15) is 49.7 Å². The van der Waals surface area contributed by atoms with Crippen molar-refractivity contribution in [2.75, 3.05) is 6.61 Å². The van der Waals surface area contributed by atoms with Crippen LogP contribution in [0.3, 0.4) is 0 Å². The van der Waals surface area contributed by atoms with Crippen molar-refractivity contribution in [1.29, 1.82) is 0 Å². The minimum atomic E-state index is -0.573. The zero-order valence-corrected chi connectivity index (χ0v) is 20.9. The van der Waals surface area contributed by atoms with E-state index in [-0.39, 0.29) is 17.9 Å². The number of ether oxygens (including phenoxy) is 1. The van der Waals surface area contributed by atoms with Crippen LogP contribution in [-0.4, -0.2) is 35.4 Å². The highest BCUT2D eigenvalue weighted by Gasteiger charge is 2.31. The molecule has 188 valence electrons. The SMILES string of the molecule is O=C(NC1CCCC1)[C@@H](Cc1ccccc1)N(Cc1ccccc1)C(=O)CCCOc1ccccc1. The van der Waals surface area contributed by atoms with E-state index in [2.05, 4.69) is 5.32 Å². The predicted molar refractivity (Wildman–Crippen MR) is 142 cm³/mol. The first-order chi connectivity index (χ1) is 17.7. The van der Waals surface area contributed by atoms with Gasteiger partial charge >= 0.3 is 0 Å². The molecule has 0 aromatic heterocycles. The van der Waals surface area contributed by atoms with Crippen LogP contribution >= 0.6 is 0 Å². The van der Waals surface area contributed by atoms with Crippen molar-refractivity contribution in [3.8, 4) is 5.75 Å². The molecule has 1 fully saturated rings. The molecule has 0 saturated heterocycles. The smallest absolute Gasteiger partial charge is 0.243 e. The van der Waals surface area contributed by atoms with E-state index in [1.54, 1.807) is 4.90 Å². The third-order valence-electron chi connectivity index (χ3n) is 6.72. The highest BCUT2D eigenvalue weighted by Crippen LogP contribution is 2.20. The van der Waals surface area contributed by atoms with Gasteiger partial charge in [0.15, 0.2) is 0 Å². The summed E-state index contributed by atoms with van der Waals surface area (Å²) in [6, 6.07) is 29.1. The number of amides is 2. The molecule has 4 rings (SSSR count). The van der Waals surface area contributed by atoms with Gasteiger partial charge in [0.05, 0.1) is 6.61 Å². The zero-order valence-electron chi connectivity index (χ0n) is 20.9. The van der Waals surface area contributed by atoms with Crippen LogP contribution in [0.25, 0.3) is 0 Å². The van der Waals surface area contributed by atoms with E-state index in [9.17, 15) is 9.59 Å². The number of carbonyl (C=O) groups excluding carboxylic acids is 2. The number of hydrogen-bond acceptors (Lipinski definition) is 3. The molecular formula is C31H36N2O3. The second kappa shape index (κ2) is 13.5. The molecule has 0 bridgehead atoms. The Balaban J connectivity index is 1.50. The Hall–Kier alpha value is -3.60. The lowest BCUT2D eigenvalue weighted by atomic mass is 10.0. The third-order valence-corrected chi connectivity index (χ3v) is 6.72. The molecule has 3 aromatic carbocycles. The number of hydrogen-bond donors (Lipinski definition) is 1. The maximum atomic E-state index is 13.6. The summed E-state index contributed by atoms with van der Waals surface area (Å²) in [5, 5.41) is 3.25. The molecule has 2 amide bonds. The van der Waals surface area contributed by atoms with Crippen molar-refractivity contribution in [1.82, 2.24) is 10.2 Å². The molecule has 36 heavy (non-hydrogen) atoms. The van der Waals surface area contributed by atoms with Crippen molar-refractivity contribution in [2.45, 2.75) is 63.6 Å². The Labute approximate surface area is 214 Å². The number of para-hydroxylation sites is 1. The van der Waals surface area contributed by atoms with Gasteiger partial charge in [-0.1, -0.05) is 91.7 Å². The minimum absolute atomic E-state index is 0.0296. The zero-order chi connectivity index (χ0) is 25.0. The molecule has 1 atom stereocenters. The van der Waals surface area contributed by atoms with Gasteiger partial charge in [-0.15, -0.1) is 0 Å². The molecule has 0 spiro atoms. The number of nitrogens with zero attached hydrogens (tertiary/aromatic N) is 1. The fraction of sp³-hybridized carbons (Fsp3) is 0.355. The number of rotatable bonds is 12. The predicted octanol–water partition coefficient (Wildman–Crippen LogP) is 5.54. The summed E-state index contributed by atoms with van der Waals surface area (Å²) < 4.78 is 5.80. The van der Waals surface area contributed by atoms with Gasteiger partial charge in [-0.05, 0) is 42.5 Å². The number of carbonyl (C=O) groups is 2. The Kier molecular flexibility index (Phi) is 9.54. The Morgan fingerprint density at radius 3 is 2.06 bits per heavy atom. The summed E-state index contributed by atoms with van der Waals surface area (Å²) in [4.78, 5) is 29.0. The molecule has 1 saturated carbocycles. The molecule has 1 N–H and O–H groups in total. The Morgan fingerprint density at radius 2 is 1.42 bits per heavy atom.